The van der Waals surface area contributed by atoms with Crippen molar-refractivity contribution in [1.82, 2.24) is 15.4 Å². The number of hydrazone groups is 1. The summed E-state index contributed by atoms with van der Waals surface area (Å²) in [5, 5.41) is 15.8. The van der Waals surface area contributed by atoms with Crippen molar-refractivity contribution in [3.8, 4) is 22.2 Å². The Labute approximate surface area is 171 Å². The predicted octanol–water partition coefficient (Wildman–Crippen LogP) is 3.80. The van der Waals surface area contributed by atoms with Gasteiger partial charge in [0.1, 0.15) is 10.8 Å². The van der Waals surface area contributed by atoms with Crippen molar-refractivity contribution in [2.75, 3.05) is 14.2 Å². The number of aliphatic hydroxyl groups excluding tert-OH is 1. The topological polar surface area (TPSA) is 88.9 Å². The number of pyridine rings is 1. The fourth-order valence-electron chi connectivity index (χ4n) is 2.45. The third-order valence-electron chi connectivity index (χ3n) is 3.85. The summed E-state index contributed by atoms with van der Waals surface area (Å²) in [6.45, 7) is 1.83. The minimum absolute atomic E-state index is 0.524. The van der Waals surface area contributed by atoms with Gasteiger partial charge in [-0.1, -0.05) is 11.6 Å². The van der Waals surface area contributed by atoms with Gasteiger partial charge >= 0.3 is 0 Å². The predicted molar refractivity (Wildman–Crippen MR) is 110 cm³/mol. The zero-order valence-corrected chi connectivity index (χ0v) is 17.1. The Balaban J connectivity index is 1.74. The van der Waals surface area contributed by atoms with E-state index in [4.69, 9.17) is 21.1 Å². The summed E-state index contributed by atoms with van der Waals surface area (Å²) in [5.74, 6) is 1.15. The Morgan fingerprint density at radius 2 is 2.07 bits per heavy atom. The average molecular weight is 419 g/mol. The van der Waals surface area contributed by atoms with Gasteiger partial charge in [0.15, 0.2) is 6.23 Å². The van der Waals surface area contributed by atoms with E-state index in [0.717, 1.165) is 16.1 Å². The lowest BCUT2D eigenvalue weighted by molar-refractivity contribution is 0.144. The molecule has 146 valence electrons. The Kier molecular flexibility index (Phi) is 6.45. The molecule has 1 unspecified atom stereocenters. The van der Waals surface area contributed by atoms with E-state index < -0.39 is 6.23 Å². The molecule has 0 spiro atoms. The van der Waals surface area contributed by atoms with Gasteiger partial charge in [-0.15, -0.1) is 11.3 Å². The molecule has 0 aliphatic rings. The molecular formula is C19H19ClN4O3S. The summed E-state index contributed by atoms with van der Waals surface area (Å²) < 4.78 is 10.4. The molecule has 1 atom stereocenters. The van der Waals surface area contributed by atoms with Crippen molar-refractivity contribution in [2.45, 2.75) is 13.2 Å². The lowest BCUT2D eigenvalue weighted by Gasteiger charge is -2.08. The van der Waals surface area contributed by atoms with Crippen molar-refractivity contribution in [2.24, 2.45) is 5.10 Å². The number of aliphatic hydroxyl groups is 1. The first kappa shape index (κ1) is 20.1. The summed E-state index contributed by atoms with van der Waals surface area (Å²) in [4.78, 5) is 9.30. The number of thiazole rings is 1. The Morgan fingerprint density at radius 3 is 2.75 bits per heavy atom. The molecule has 0 amide bonds. The van der Waals surface area contributed by atoms with Gasteiger partial charge in [0.25, 0.3) is 0 Å². The second kappa shape index (κ2) is 9.01. The lowest BCUT2D eigenvalue weighted by atomic mass is 10.2. The number of nitrogens with zero attached hydrogens (tertiary/aromatic N) is 3. The van der Waals surface area contributed by atoms with Crippen molar-refractivity contribution in [3.63, 3.8) is 0 Å². The smallest absolute Gasteiger partial charge is 0.212 e. The molecule has 28 heavy (non-hydrogen) atoms. The van der Waals surface area contributed by atoms with Crippen LogP contribution in [0.5, 0.6) is 11.6 Å². The highest BCUT2D eigenvalue weighted by atomic mass is 35.5. The standard InChI is InChI=1S/C19H19ClN4O3S/c1-11-17(18(25)24-22-10-12-4-7-16(27-3)21-9-12)28-19(23-11)14-6-5-13(20)8-15(14)26-2/h4-10,18,24-25H,1-3H3/b22-10+. The number of rotatable bonds is 7. The van der Waals surface area contributed by atoms with Crippen molar-refractivity contribution < 1.29 is 14.6 Å². The SMILES string of the molecule is COc1ccc(/C=N/NC(O)c2sc(-c3ccc(Cl)cc3OC)nc2C)cn1. The number of methoxy groups -OCH3 is 2. The van der Waals surface area contributed by atoms with Gasteiger partial charge < -0.3 is 14.6 Å². The number of aryl methyl sites for hydroxylation is 1. The second-order valence-corrected chi connectivity index (χ2v) is 7.20. The van der Waals surface area contributed by atoms with Gasteiger partial charge in [-0.3, -0.25) is 5.43 Å². The van der Waals surface area contributed by atoms with E-state index in [1.807, 2.05) is 19.1 Å². The number of ether oxygens (including phenoxy) is 2. The summed E-state index contributed by atoms with van der Waals surface area (Å²) in [5.41, 5.74) is 4.99. The zero-order chi connectivity index (χ0) is 20.1. The van der Waals surface area contributed by atoms with Crippen LogP contribution in [-0.2, 0) is 0 Å². The van der Waals surface area contributed by atoms with Gasteiger partial charge in [-0.2, -0.15) is 5.10 Å². The molecule has 0 fully saturated rings. The zero-order valence-electron chi connectivity index (χ0n) is 15.5. The second-order valence-electron chi connectivity index (χ2n) is 5.74. The van der Waals surface area contributed by atoms with E-state index in [0.29, 0.717) is 27.2 Å². The van der Waals surface area contributed by atoms with E-state index in [2.05, 4.69) is 20.5 Å². The fraction of sp³-hybridized carbons (Fsp3) is 0.211. The molecule has 0 radical (unpaired) electrons. The summed E-state index contributed by atoms with van der Waals surface area (Å²) in [6.07, 6.45) is 2.20. The highest BCUT2D eigenvalue weighted by molar-refractivity contribution is 7.15. The minimum atomic E-state index is -0.994. The first-order chi connectivity index (χ1) is 13.5. The summed E-state index contributed by atoms with van der Waals surface area (Å²) in [6, 6.07) is 8.90. The number of halogens is 1. The van der Waals surface area contributed by atoms with Crippen LogP contribution in [0.4, 0.5) is 0 Å². The first-order valence-electron chi connectivity index (χ1n) is 8.29. The van der Waals surface area contributed by atoms with Crippen LogP contribution in [0.2, 0.25) is 5.02 Å². The van der Waals surface area contributed by atoms with Crippen LogP contribution in [0.1, 0.15) is 22.4 Å². The molecule has 2 heterocycles. The quantitative estimate of drug-likeness (QED) is 0.344. The van der Waals surface area contributed by atoms with Gasteiger partial charge in [0, 0.05) is 22.8 Å². The molecule has 0 bridgehead atoms. The monoisotopic (exact) mass is 418 g/mol. The Bertz CT molecular complexity index is 976. The van der Waals surface area contributed by atoms with E-state index >= 15 is 0 Å². The highest BCUT2D eigenvalue weighted by Gasteiger charge is 2.18. The third-order valence-corrected chi connectivity index (χ3v) is 5.33. The molecule has 0 aliphatic heterocycles. The van der Waals surface area contributed by atoms with Gasteiger partial charge in [-0.05, 0) is 31.2 Å². The molecule has 2 N–H and O–H groups in total. The highest BCUT2D eigenvalue weighted by Crippen LogP contribution is 2.37. The van der Waals surface area contributed by atoms with Crippen LogP contribution >= 0.6 is 22.9 Å². The van der Waals surface area contributed by atoms with Crippen LogP contribution in [0.15, 0.2) is 41.6 Å². The molecule has 0 aliphatic carbocycles. The largest absolute Gasteiger partial charge is 0.496 e. The minimum Gasteiger partial charge on any atom is -0.496 e. The maximum atomic E-state index is 10.4. The van der Waals surface area contributed by atoms with Crippen LogP contribution in [0, 0.1) is 6.92 Å². The molecule has 3 aromatic rings. The molecular weight excluding hydrogens is 400 g/mol. The maximum Gasteiger partial charge on any atom is 0.212 e. The van der Waals surface area contributed by atoms with Gasteiger partial charge in [0.05, 0.1) is 36.6 Å². The van der Waals surface area contributed by atoms with Crippen LogP contribution in [0.3, 0.4) is 0 Å². The van der Waals surface area contributed by atoms with Gasteiger partial charge in [-0.25, -0.2) is 9.97 Å². The molecule has 2 aromatic heterocycles. The van der Waals surface area contributed by atoms with E-state index in [1.54, 1.807) is 44.8 Å². The lowest BCUT2D eigenvalue weighted by Crippen LogP contribution is -2.14. The molecule has 9 heteroatoms. The molecule has 7 nitrogen and oxygen atoms in total. The normalized spacial score (nSPS) is 12.2. The third kappa shape index (κ3) is 4.59. The van der Waals surface area contributed by atoms with Crippen LogP contribution in [-0.4, -0.2) is 35.5 Å². The fourth-order valence-corrected chi connectivity index (χ4v) is 3.64. The Morgan fingerprint density at radius 1 is 1.25 bits per heavy atom. The van der Waals surface area contributed by atoms with Crippen molar-refractivity contribution in [1.29, 1.82) is 0 Å². The molecule has 1 aromatic carbocycles. The number of hydrogen-bond donors (Lipinski definition) is 2. The number of nitrogens with one attached hydrogen (secondary N) is 1. The summed E-state index contributed by atoms with van der Waals surface area (Å²) >= 11 is 7.38. The molecule has 0 saturated heterocycles. The van der Waals surface area contributed by atoms with Crippen molar-refractivity contribution >= 4 is 29.2 Å². The average Bonchev–Trinajstić information content (AvgIpc) is 3.09. The van der Waals surface area contributed by atoms with E-state index in [1.165, 1.54) is 11.3 Å². The maximum absolute atomic E-state index is 10.4. The Hall–Kier alpha value is -2.68. The van der Waals surface area contributed by atoms with Crippen molar-refractivity contribution in [3.05, 3.63) is 57.7 Å². The van der Waals surface area contributed by atoms with E-state index in [-0.39, 0.29) is 0 Å². The number of benzene rings is 1. The molecule has 3 rings (SSSR count). The van der Waals surface area contributed by atoms with Gasteiger partial charge in [0.2, 0.25) is 5.88 Å². The number of aromatic nitrogens is 2. The first-order valence-corrected chi connectivity index (χ1v) is 9.49. The number of hydrogen-bond acceptors (Lipinski definition) is 8. The summed E-state index contributed by atoms with van der Waals surface area (Å²) in [7, 11) is 3.13. The van der Waals surface area contributed by atoms with E-state index in [9.17, 15) is 5.11 Å². The molecule has 0 saturated carbocycles. The van der Waals surface area contributed by atoms with Crippen LogP contribution < -0.4 is 14.9 Å². The van der Waals surface area contributed by atoms with Crippen LogP contribution in [0.25, 0.3) is 10.6 Å².